The number of benzene rings is 1. The van der Waals surface area contributed by atoms with E-state index in [0.717, 1.165) is 35.7 Å². The van der Waals surface area contributed by atoms with Crippen molar-refractivity contribution >= 4 is 28.3 Å². The zero-order chi connectivity index (χ0) is 15.9. The van der Waals surface area contributed by atoms with Crippen molar-refractivity contribution < 1.29 is 0 Å². The molecule has 2 aliphatic rings. The molecule has 4 rings (SSSR count). The lowest BCUT2D eigenvalue weighted by Crippen LogP contribution is -2.34. The minimum Gasteiger partial charge on any atom is -0.379 e. The summed E-state index contributed by atoms with van der Waals surface area (Å²) in [5.74, 6) is 1.05. The van der Waals surface area contributed by atoms with Gasteiger partial charge in [-0.25, -0.2) is 0 Å². The molecule has 0 saturated heterocycles. The molecule has 1 spiro atoms. The Morgan fingerprint density at radius 3 is 3.00 bits per heavy atom. The predicted octanol–water partition coefficient (Wildman–Crippen LogP) is 4.27. The van der Waals surface area contributed by atoms with Crippen LogP contribution in [0, 0.1) is 11.3 Å². The van der Waals surface area contributed by atoms with Crippen molar-refractivity contribution in [3.63, 3.8) is 0 Å². The summed E-state index contributed by atoms with van der Waals surface area (Å²) in [5, 5.41) is 9.84. The summed E-state index contributed by atoms with van der Waals surface area (Å²) in [6, 6.07) is 12.4. The number of rotatable bonds is 1. The molecule has 116 valence electrons. The van der Waals surface area contributed by atoms with Crippen LogP contribution < -0.4 is 5.73 Å². The van der Waals surface area contributed by atoms with E-state index in [9.17, 15) is 0 Å². The van der Waals surface area contributed by atoms with Gasteiger partial charge in [-0.2, -0.15) is 5.26 Å². The van der Waals surface area contributed by atoms with E-state index in [0.29, 0.717) is 5.56 Å². The highest BCUT2D eigenvalue weighted by Crippen LogP contribution is 2.48. The van der Waals surface area contributed by atoms with Crippen molar-refractivity contribution in [2.45, 2.75) is 31.2 Å². The van der Waals surface area contributed by atoms with Crippen LogP contribution >= 0.6 is 23.1 Å². The van der Waals surface area contributed by atoms with E-state index in [2.05, 4.69) is 18.2 Å². The van der Waals surface area contributed by atoms with E-state index in [4.69, 9.17) is 16.0 Å². The summed E-state index contributed by atoms with van der Waals surface area (Å²) >= 11 is 3.51. The molecule has 0 fully saturated rings. The first kappa shape index (κ1) is 14.8. The number of hydrogen-bond donors (Lipinski definition) is 1. The van der Waals surface area contributed by atoms with Gasteiger partial charge in [0.1, 0.15) is 0 Å². The predicted molar refractivity (Wildman–Crippen MR) is 97.8 cm³/mol. The Hall–Kier alpha value is -1.77. The second-order valence-electron chi connectivity index (χ2n) is 6.07. The summed E-state index contributed by atoms with van der Waals surface area (Å²) in [5.41, 5.74) is 9.13. The first-order valence-corrected chi connectivity index (χ1v) is 9.62. The van der Waals surface area contributed by atoms with Crippen LogP contribution in [-0.2, 0) is 12.0 Å². The van der Waals surface area contributed by atoms with E-state index in [1.165, 1.54) is 21.7 Å². The fourth-order valence-corrected chi connectivity index (χ4v) is 5.75. The Morgan fingerprint density at radius 1 is 1.26 bits per heavy atom. The van der Waals surface area contributed by atoms with Crippen LogP contribution in [0.5, 0.6) is 0 Å². The number of nitrogens with zero attached hydrogens (tertiary/aromatic N) is 2. The van der Waals surface area contributed by atoms with Crippen molar-refractivity contribution in [2.75, 3.05) is 5.75 Å². The number of hydrogen-bond acceptors (Lipinski definition) is 5. The third-order valence-corrected chi connectivity index (χ3v) is 6.71. The zero-order valence-corrected chi connectivity index (χ0v) is 14.3. The lowest BCUT2D eigenvalue weighted by Gasteiger charge is -2.36. The van der Waals surface area contributed by atoms with E-state index < -0.39 is 0 Å². The summed E-state index contributed by atoms with van der Waals surface area (Å²) in [7, 11) is 0. The van der Waals surface area contributed by atoms with Crippen LogP contribution in [0.25, 0.3) is 10.4 Å². The van der Waals surface area contributed by atoms with Crippen LogP contribution in [0.1, 0.15) is 35.3 Å². The van der Waals surface area contributed by atoms with E-state index in [1.807, 2.05) is 29.5 Å². The Balaban J connectivity index is 1.81. The first-order valence-electron chi connectivity index (χ1n) is 7.82. The lowest BCUT2D eigenvalue weighted by atomic mass is 9.78. The Labute approximate surface area is 144 Å². The fraction of sp³-hybridized carbons (Fsp3) is 0.333. The highest BCUT2D eigenvalue weighted by atomic mass is 32.2. The number of nitrogens with two attached hydrogens (primary N) is 1. The highest BCUT2D eigenvalue weighted by Gasteiger charge is 2.39. The van der Waals surface area contributed by atoms with Gasteiger partial charge < -0.3 is 5.73 Å². The molecule has 3 nitrogen and oxygen atoms in total. The summed E-state index contributed by atoms with van der Waals surface area (Å²) < 4.78 is 0. The molecule has 0 bridgehead atoms. The van der Waals surface area contributed by atoms with Crippen LogP contribution in [-0.4, -0.2) is 10.9 Å². The van der Waals surface area contributed by atoms with Gasteiger partial charge in [-0.05, 0) is 55.0 Å². The number of thiophene rings is 1. The van der Waals surface area contributed by atoms with Gasteiger partial charge in [-0.1, -0.05) is 23.9 Å². The second-order valence-corrected chi connectivity index (χ2v) is 8.33. The number of fused-ring (bicyclic) bond motifs is 2. The average molecular weight is 339 g/mol. The number of aliphatic imine (C=N–C) groups is 1. The Kier molecular flexibility index (Phi) is 3.67. The van der Waals surface area contributed by atoms with E-state index in [-0.39, 0.29) is 5.54 Å². The van der Waals surface area contributed by atoms with Gasteiger partial charge in [0.15, 0.2) is 5.17 Å². The van der Waals surface area contributed by atoms with E-state index >= 15 is 0 Å². The van der Waals surface area contributed by atoms with Gasteiger partial charge in [0.05, 0.1) is 17.2 Å². The molecular formula is C18H17N3S2. The molecule has 1 aliphatic carbocycles. The average Bonchev–Trinajstić information content (AvgIpc) is 3.01. The Morgan fingerprint density at radius 2 is 2.17 bits per heavy atom. The number of nitriles is 1. The molecule has 1 aliphatic heterocycles. The maximum atomic E-state index is 9.12. The fourth-order valence-electron chi connectivity index (χ4n) is 3.57. The normalized spacial score (nSPS) is 23.2. The van der Waals surface area contributed by atoms with Crippen LogP contribution in [0.15, 0.2) is 35.3 Å². The smallest absolute Gasteiger partial charge is 0.154 e. The van der Waals surface area contributed by atoms with Gasteiger partial charge >= 0.3 is 0 Å². The van der Waals surface area contributed by atoms with Crippen molar-refractivity contribution in [1.29, 1.82) is 5.26 Å². The van der Waals surface area contributed by atoms with Crippen LogP contribution in [0.4, 0.5) is 0 Å². The van der Waals surface area contributed by atoms with Gasteiger partial charge in [-0.15, -0.1) is 11.3 Å². The van der Waals surface area contributed by atoms with Gasteiger partial charge in [0.25, 0.3) is 0 Å². The molecule has 23 heavy (non-hydrogen) atoms. The minimum absolute atomic E-state index is 0.107. The number of amidine groups is 1. The number of thioether (sulfide) groups is 1. The zero-order valence-electron chi connectivity index (χ0n) is 12.7. The summed E-state index contributed by atoms with van der Waals surface area (Å²) in [4.78, 5) is 7.55. The topological polar surface area (TPSA) is 62.2 Å². The molecular weight excluding hydrogens is 322 g/mol. The maximum Gasteiger partial charge on any atom is 0.154 e. The molecule has 1 aromatic carbocycles. The van der Waals surface area contributed by atoms with Crippen LogP contribution in [0.2, 0.25) is 0 Å². The van der Waals surface area contributed by atoms with E-state index in [1.54, 1.807) is 11.8 Å². The largest absolute Gasteiger partial charge is 0.379 e. The Bertz CT molecular complexity index is 831. The number of aryl methyl sites for hydroxylation is 1. The van der Waals surface area contributed by atoms with Crippen molar-refractivity contribution in [2.24, 2.45) is 10.7 Å². The molecule has 5 heteroatoms. The molecule has 1 atom stereocenters. The van der Waals surface area contributed by atoms with Gasteiger partial charge in [0.2, 0.25) is 0 Å². The summed E-state index contributed by atoms with van der Waals surface area (Å²) in [6.45, 7) is 0. The second kappa shape index (κ2) is 5.70. The molecule has 2 heterocycles. The molecule has 0 saturated carbocycles. The van der Waals surface area contributed by atoms with Crippen molar-refractivity contribution in [1.82, 2.24) is 0 Å². The molecule has 2 N–H and O–H groups in total. The quantitative estimate of drug-likeness (QED) is 0.844. The SMILES string of the molecule is N#Cc1cccc(-c2cc3c(s2)CCC[C@@]32CCSC(N)=N2)c1. The van der Waals surface area contributed by atoms with Crippen molar-refractivity contribution in [3.8, 4) is 16.5 Å². The summed E-state index contributed by atoms with van der Waals surface area (Å²) in [6.07, 6.45) is 4.46. The molecule has 1 aromatic heterocycles. The third kappa shape index (κ3) is 2.56. The molecule has 0 radical (unpaired) electrons. The minimum atomic E-state index is -0.107. The molecule has 0 unspecified atom stereocenters. The monoisotopic (exact) mass is 339 g/mol. The highest BCUT2D eigenvalue weighted by molar-refractivity contribution is 8.13. The molecule has 2 aromatic rings. The molecule has 0 amide bonds. The van der Waals surface area contributed by atoms with Gasteiger partial charge in [0, 0.05) is 15.5 Å². The standard InChI is InChI=1S/C18H17N3S2/c19-11-12-3-1-4-13(9-12)16-10-14-15(23-16)5-2-6-18(14)7-8-22-17(20)21-18/h1,3-4,9-10H,2,5-8H2,(H2,20,21)/t18-/m1/s1. The van der Waals surface area contributed by atoms with Crippen molar-refractivity contribution in [3.05, 3.63) is 46.3 Å². The maximum absolute atomic E-state index is 9.12. The van der Waals surface area contributed by atoms with Crippen LogP contribution in [0.3, 0.4) is 0 Å². The lowest BCUT2D eigenvalue weighted by molar-refractivity contribution is 0.368. The van der Waals surface area contributed by atoms with Gasteiger partial charge in [-0.3, -0.25) is 4.99 Å². The third-order valence-electron chi connectivity index (χ3n) is 4.67. The first-order chi connectivity index (χ1) is 11.2.